The van der Waals surface area contributed by atoms with Gasteiger partial charge in [-0.15, -0.1) is 11.8 Å². The minimum atomic E-state index is 0.640. The second kappa shape index (κ2) is 3.81. The zero-order valence-electron chi connectivity index (χ0n) is 7.03. The number of thioether (sulfide) groups is 1. The Kier molecular flexibility index (Phi) is 2.52. The topological polar surface area (TPSA) is 44.6 Å². The highest BCUT2D eigenvalue weighted by Gasteiger charge is 2.08. The molecule has 0 amide bonds. The van der Waals surface area contributed by atoms with E-state index in [1.807, 2.05) is 12.1 Å². The van der Waals surface area contributed by atoms with Crippen LogP contribution in [0.5, 0.6) is 0 Å². The Labute approximate surface area is 80.8 Å². The van der Waals surface area contributed by atoms with Gasteiger partial charge in [0.1, 0.15) is 5.84 Å². The first-order valence-corrected chi connectivity index (χ1v) is 5.03. The van der Waals surface area contributed by atoms with E-state index < -0.39 is 0 Å². The Morgan fingerprint density at radius 2 is 2.23 bits per heavy atom. The lowest BCUT2D eigenvalue weighted by molar-refractivity contribution is 0.233. The molecule has 0 saturated carbocycles. The van der Waals surface area contributed by atoms with Crippen LogP contribution in [0.15, 0.2) is 34.2 Å². The van der Waals surface area contributed by atoms with Crippen molar-refractivity contribution >= 4 is 17.6 Å². The molecule has 3 nitrogen and oxygen atoms in total. The Balaban J connectivity index is 2.26. The van der Waals surface area contributed by atoms with Crippen molar-refractivity contribution in [2.24, 2.45) is 4.99 Å². The summed E-state index contributed by atoms with van der Waals surface area (Å²) in [5.74, 6) is 1.34. The van der Waals surface area contributed by atoms with Crippen molar-refractivity contribution in [2.45, 2.75) is 11.4 Å². The van der Waals surface area contributed by atoms with E-state index in [4.69, 9.17) is 5.21 Å². The molecule has 0 radical (unpaired) electrons. The molecule has 0 fully saturated rings. The van der Waals surface area contributed by atoms with E-state index in [1.54, 1.807) is 11.8 Å². The van der Waals surface area contributed by atoms with Crippen molar-refractivity contribution in [3.63, 3.8) is 0 Å². The zero-order chi connectivity index (χ0) is 9.10. The molecule has 2 N–H and O–H groups in total. The molecule has 68 valence electrons. The Morgan fingerprint density at radius 1 is 1.38 bits per heavy atom. The smallest absolute Gasteiger partial charge is 0.131 e. The van der Waals surface area contributed by atoms with Gasteiger partial charge >= 0.3 is 0 Å². The Morgan fingerprint density at radius 3 is 3.08 bits per heavy atom. The van der Waals surface area contributed by atoms with Crippen LogP contribution < -0.4 is 5.48 Å². The molecule has 1 heterocycles. The SMILES string of the molecule is ONC1=NCc2ccccc2SC1. The third-order valence-corrected chi connectivity index (χ3v) is 3.03. The molecule has 0 atom stereocenters. The quantitative estimate of drug-likeness (QED) is 0.617. The average molecular weight is 194 g/mol. The molecule has 0 aromatic heterocycles. The maximum Gasteiger partial charge on any atom is 0.131 e. The van der Waals surface area contributed by atoms with Gasteiger partial charge in [-0.25, -0.2) is 0 Å². The molecular weight excluding hydrogens is 184 g/mol. The molecule has 0 bridgehead atoms. The maximum absolute atomic E-state index is 8.70. The highest BCUT2D eigenvalue weighted by molar-refractivity contribution is 8.00. The van der Waals surface area contributed by atoms with E-state index in [-0.39, 0.29) is 0 Å². The monoisotopic (exact) mass is 194 g/mol. The first kappa shape index (κ1) is 8.59. The van der Waals surface area contributed by atoms with Gasteiger partial charge < -0.3 is 0 Å². The number of nitrogens with one attached hydrogen (secondary N) is 1. The molecule has 4 heteroatoms. The van der Waals surface area contributed by atoms with Gasteiger partial charge in [-0.3, -0.25) is 15.7 Å². The van der Waals surface area contributed by atoms with Crippen LogP contribution in [0.1, 0.15) is 5.56 Å². The highest BCUT2D eigenvalue weighted by atomic mass is 32.2. The summed E-state index contributed by atoms with van der Waals surface area (Å²) in [5.41, 5.74) is 3.33. The van der Waals surface area contributed by atoms with Crippen molar-refractivity contribution < 1.29 is 5.21 Å². The summed E-state index contributed by atoms with van der Waals surface area (Å²) >= 11 is 1.69. The number of hydrogen-bond acceptors (Lipinski definition) is 4. The fourth-order valence-corrected chi connectivity index (χ4v) is 2.16. The van der Waals surface area contributed by atoms with E-state index in [9.17, 15) is 0 Å². The second-order valence-corrected chi connectivity index (χ2v) is 3.79. The molecule has 13 heavy (non-hydrogen) atoms. The summed E-state index contributed by atoms with van der Waals surface area (Å²) in [6.07, 6.45) is 0. The van der Waals surface area contributed by atoms with Gasteiger partial charge in [0, 0.05) is 4.90 Å². The molecular formula is C9H10N2OS. The van der Waals surface area contributed by atoms with E-state index >= 15 is 0 Å². The van der Waals surface area contributed by atoms with E-state index in [1.165, 1.54) is 10.5 Å². The van der Waals surface area contributed by atoms with Gasteiger partial charge in [0.2, 0.25) is 0 Å². The number of rotatable bonds is 0. The summed E-state index contributed by atoms with van der Waals surface area (Å²) in [6.45, 7) is 0.645. The maximum atomic E-state index is 8.70. The zero-order valence-corrected chi connectivity index (χ0v) is 7.84. The van der Waals surface area contributed by atoms with Crippen LogP contribution in [-0.2, 0) is 6.54 Å². The predicted molar refractivity (Wildman–Crippen MR) is 53.2 cm³/mol. The highest BCUT2D eigenvalue weighted by Crippen LogP contribution is 2.25. The van der Waals surface area contributed by atoms with E-state index in [2.05, 4.69) is 22.6 Å². The average Bonchev–Trinajstić information content (AvgIpc) is 2.39. The van der Waals surface area contributed by atoms with Crippen LogP contribution >= 0.6 is 11.8 Å². The normalized spacial score (nSPS) is 15.6. The molecule has 1 aromatic rings. The van der Waals surface area contributed by atoms with Crippen LogP contribution in [0.3, 0.4) is 0 Å². The third kappa shape index (κ3) is 1.84. The van der Waals surface area contributed by atoms with E-state index in [0.717, 1.165) is 0 Å². The number of amidine groups is 1. The lowest BCUT2D eigenvalue weighted by Gasteiger charge is -2.01. The third-order valence-electron chi connectivity index (χ3n) is 1.91. The van der Waals surface area contributed by atoms with Gasteiger partial charge in [-0.05, 0) is 11.6 Å². The van der Waals surface area contributed by atoms with Crippen molar-refractivity contribution in [1.82, 2.24) is 5.48 Å². The van der Waals surface area contributed by atoms with Gasteiger partial charge in [-0.1, -0.05) is 18.2 Å². The first-order valence-electron chi connectivity index (χ1n) is 4.04. The number of benzene rings is 1. The summed E-state index contributed by atoms with van der Waals surface area (Å²) in [5, 5.41) is 8.70. The molecule has 0 spiro atoms. The first-order chi connectivity index (χ1) is 6.40. The van der Waals surface area contributed by atoms with E-state index in [0.29, 0.717) is 18.1 Å². The summed E-state index contributed by atoms with van der Waals surface area (Å²) in [4.78, 5) is 5.46. The number of nitrogens with zero attached hydrogens (tertiary/aromatic N) is 1. The van der Waals surface area contributed by atoms with Gasteiger partial charge in [-0.2, -0.15) is 0 Å². The molecule has 0 saturated heterocycles. The number of aliphatic imine (C=N–C) groups is 1. The van der Waals surface area contributed by atoms with Gasteiger partial charge in [0.05, 0.1) is 12.3 Å². The van der Waals surface area contributed by atoms with Crippen LogP contribution in [0, 0.1) is 0 Å². The van der Waals surface area contributed by atoms with Crippen LogP contribution in [0.2, 0.25) is 0 Å². The van der Waals surface area contributed by atoms with Crippen molar-refractivity contribution in [2.75, 3.05) is 5.75 Å². The number of hydroxylamine groups is 1. The van der Waals surface area contributed by atoms with Crippen LogP contribution in [0.4, 0.5) is 0 Å². The molecule has 0 unspecified atom stereocenters. The Hall–Kier alpha value is -1.00. The molecule has 1 aliphatic heterocycles. The van der Waals surface area contributed by atoms with Crippen molar-refractivity contribution in [3.8, 4) is 0 Å². The van der Waals surface area contributed by atoms with Crippen LogP contribution in [0.25, 0.3) is 0 Å². The molecule has 0 aliphatic carbocycles. The fourth-order valence-electron chi connectivity index (χ4n) is 1.22. The van der Waals surface area contributed by atoms with Crippen molar-refractivity contribution in [1.29, 1.82) is 0 Å². The Bertz CT molecular complexity index is 338. The second-order valence-electron chi connectivity index (χ2n) is 2.77. The van der Waals surface area contributed by atoms with Gasteiger partial charge in [0.15, 0.2) is 0 Å². The van der Waals surface area contributed by atoms with Crippen molar-refractivity contribution in [3.05, 3.63) is 29.8 Å². The predicted octanol–water partition coefficient (Wildman–Crippen LogP) is 1.67. The standard InChI is InChI=1S/C9H10N2OS/c12-11-9-6-13-8-4-2-1-3-7(8)5-10-9/h1-4,12H,5-6H2,(H,10,11). The number of hydrogen-bond donors (Lipinski definition) is 2. The fraction of sp³-hybridized carbons (Fsp3) is 0.222. The summed E-state index contributed by atoms with van der Waals surface area (Å²) in [6, 6.07) is 8.16. The lowest BCUT2D eigenvalue weighted by atomic mass is 10.2. The summed E-state index contributed by atoms with van der Waals surface area (Å²) < 4.78 is 0. The minimum absolute atomic E-state index is 0.640. The molecule has 1 aromatic carbocycles. The number of fused-ring (bicyclic) bond motifs is 1. The largest absolute Gasteiger partial charge is 0.290 e. The summed E-state index contributed by atoms with van der Waals surface area (Å²) in [7, 11) is 0. The van der Waals surface area contributed by atoms with Gasteiger partial charge in [0.25, 0.3) is 0 Å². The minimum Gasteiger partial charge on any atom is -0.290 e. The molecule has 1 aliphatic rings. The molecule has 2 rings (SSSR count). The lowest BCUT2D eigenvalue weighted by Crippen LogP contribution is -2.20. The van der Waals surface area contributed by atoms with Crippen LogP contribution in [-0.4, -0.2) is 16.8 Å².